The number of piperidine rings is 1. The third-order valence-corrected chi connectivity index (χ3v) is 3.44. The van der Waals surface area contributed by atoms with Crippen molar-refractivity contribution in [1.29, 1.82) is 0 Å². The van der Waals surface area contributed by atoms with Gasteiger partial charge in [0, 0.05) is 33.3 Å². The molecule has 2 rings (SSSR count). The summed E-state index contributed by atoms with van der Waals surface area (Å²) in [6, 6.07) is 1.93. The lowest BCUT2D eigenvalue weighted by Gasteiger charge is -2.32. The Kier molecular flexibility index (Phi) is 4.19. The van der Waals surface area contributed by atoms with Crippen LogP contribution >= 0.6 is 0 Å². The molecule has 1 unspecified atom stereocenters. The fourth-order valence-corrected chi connectivity index (χ4v) is 2.45. The van der Waals surface area contributed by atoms with Crippen molar-refractivity contribution in [1.82, 2.24) is 15.3 Å². The van der Waals surface area contributed by atoms with Crippen molar-refractivity contribution in [2.45, 2.75) is 19.8 Å². The summed E-state index contributed by atoms with van der Waals surface area (Å²) < 4.78 is 0. The molecule has 1 aliphatic rings. The Bertz CT molecular complexity index is 462. The number of carbonyl (C=O) groups is 1. The Morgan fingerprint density at radius 1 is 1.42 bits per heavy atom. The highest BCUT2D eigenvalue weighted by Crippen LogP contribution is 2.23. The summed E-state index contributed by atoms with van der Waals surface area (Å²) in [7, 11) is 3.53. The van der Waals surface area contributed by atoms with Crippen molar-refractivity contribution in [3.8, 4) is 0 Å². The number of aryl methyl sites for hydroxylation is 1. The van der Waals surface area contributed by atoms with E-state index in [1.165, 1.54) is 0 Å². The van der Waals surface area contributed by atoms with Crippen LogP contribution in [0.3, 0.4) is 0 Å². The van der Waals surface area contributed by atoms with Gasteiger partial charge in [0.2, 0.25) is 5.91 Å². The molecule has 2 N–H and O–H groups in total. The molecule has 1 aliphatic heterocycles. The molecule has 0 saturated carbocycles. The molecule has 1 aromatic rings. The summed E-state index contributed by atoms with van der Waals surface area (Å²) in [6.07, 6.45) is 1.95. The second-order valence-corrected chi connectivity index (χ2v) is 4.81. The molecule has 19 heavy (non-hydrogen) atoms. The Hall–Kier alpha value is -1.85. The van der Waals surface area contributed by atoms with Gasteiger partial charge >= 0.3 is 0 Å². The van der Waals surface area contributed by atoms with Gasteiger partial charge in [-0.2, -0.15) is 0 Å². The minimum atomic E-state index is 0.0482. The summed E-state index contributed by atoms with van der Waals surface area (Å²) in [6.45, 7) is 3.54. The van der Waals surface area contributed by atoms with Gasteiger partial charge in [-0.25, -0.2) is 9.97 Å². The monoisotopic (exact) mass is 263 g/mol. The zero-order chi connectivity index (χ0) is 13.8. The third kappa shape index (κ3) is 3.13. The molecule has 0 radical (unpaired) electrons. The molecule has 1 fully saturated rings. The zero-order valence-corrected chi connectivity index (χ0v) is 11.7. The Balaban J connectivity index is 2.17. The van der Waals surface area contributed by atoms with Crippen LogP contribution in [-0.4, -0.2) is 43.1 Å². The summed E-state index contributed by atoms with van der Waals surface area (Å²) in [5.41, 5.74) is 0. The smallest absolute Gasteiger partial charge is 0.224 e. The van der Waals surface area contributed by atoms with Gasteiger partial charge in [-0.3, -0.25) is 4.79 Å². The maximum Gasteiger partial charge on any atom is 0.224 e. The molecule has 6 heteroatoms. The number of rotatable bonds is 3. The lowest BCUT2D eigenvalue weighted by atomic mass is 9.97. The van der Waals surface area contributed by atoms with Crippen molar-refractivity contribution in [3.63, 3.8) is 0 Å². The lowest BCUT2D eigenvalue weighted by Crippen LogP contribution is -2.42. The van der Waals surface area contributed by atoms with Gasteiger partial charge in [0.1, 0.15) is 17.5 Å². The second kappa shape index (κ2) is 5.86. The van der Waals surface area contributed by atoms with E-state index in [1.54, 1.807) is 7.05 Å². The Morgan fingerprint density at radius 2 is 2.21 bits per heavy atom. The molecule has 0 aliphatic carbocycles. The van der Waals surface area contributed by atoms with Crippen LogP contribution in [0.15, 0.2) is 6.07 Å². The van der Waals surface area contributed by atoms with E-state index in [4.69, 9.17) is 0 Å². The van der Waals surface area contributed by atoms with Gasteiger partial charge < -0.3 is 15.5 Å². The number of hydrogen-bond acceptors (Lipinski definition) is 5. The Labute approximate surface area is 113 Å². The predicted octanol–water partition coefficient (Wildman–Crippen LogP) is 0.789. The normalized spacial score (nSPS) is 19.1. The summed E-state index contributed by atoms with van der Waals surface area (Å²) in [5.74, 6) is 2.61. The van der Waals surface area contributed by atoms with Crippen molar-refractivity contribution >= 4 is 17.5 Å². The van der Waals surface area contributed by atoms with E-state index in [1.807, 2.05) is 20.0 Å². The van der Waals surface area contributed by atoms with Crippen LogP contribution in [0.4, 0.5) is 11.6 Å². The van der Waals surface area contributed by atoms with E-state index in [9.17, 15) is 4.79 Å². The molecule has 2 heterocycles. The number of amides is 1. The SMILES string of the molecule is CNC(=O)C1CCCN(c2cc(NC)nc(C)n2)C1. The van der Waals surface area contributed by atoms with Crippen molar-refractivity contribution in [3.05, 3.63) is 11.9 Å². The first-order valence-corrected chi connectivity index (χ1v) is 6.64. The van der Waals surface area contributed by atoms with Crippen LogP contribution in [0.25, 0.3) is 0 Å². The van der Waals surface area contributed by atoms with Gasteiger partial charge in [-0.05, 0) is 19.8 Å². The highest BCUT2D eigenvalue weighted by atomic mass is 16.1. The largest absolute Gasteiger partial charge is 0.373 e. The van der Waals surface area contributed by atoms with Crippen LogP contribution in [0, 0.1) is 12.8 Å². The van der Waals surface area contributed by atoms with Gasteiger partial charge in [0.15, 0.2) is 0 Å². The molecule has 6 nitrogen and oxygen atoms in total. The van der Waals surface area contributed by atoms with Crippen LogP contribution in [-0.2, 0) is 4.79 Å². The number of aromatic nitrogens is 2. The fourth-order valence-electron chi connectivity index (χ4n) is 2.45. The predicted molar refractivity (Wildman–Crippen MR) is 75.3 cm³/mol. The topological polar surface area (TPSA) is 70.2 Å². The number of hydrogen-bond donors (Lipinski definition) is 2. The first kappa shape index (κ1) is 13.6. The summed E-state index contributed by atoms with van der Waals surface area (Å²) in [5, 5.41) is 5.77. The molecular weight excluding hydrogens is 242 g/mol. The molecule has 1 aromatic heterocycles. The van der Waals surface area contributed by atoms with Gasteiger partial charge in [-0.15, -0.1) is 0 Å². The average molecular weight is 263 g/mol. The molecule has 1 amide bonds. The molecule has 1 atom stereocenters. The van der Waals surface area contributed by atoms with Gasteiger partial charge in [0.05, 0.1) is 5.92 Å². The number of nitrogens with one attached hydrogen (secondary N) is 2. The maximum atomic E-state index is 11.8. The molecule has 1 saturated heterocycles. The van der Waals surface area contributed by atoms with Crippen LogP contribution in [0.2, 0.25) is 0 Å². The molecule has 0 spiro atoms. The van der Waals surface area contributed by atoms with Crippen molar-refractivity contribution in [2.24, 2.45) is 5.92 Å². The first-order valence-electron chi connectivity index (χ1n) is 6.64. The van der Waals surface area contributed by atoms with Crippen LogP contribution < -0.4 is 15.5 Å². The molecule has 104 valence electrons. The van der Waals surface area contributed by atoms with E-state index < -0.39 is 0 Å². The molecular formula is C13H21N5O. The standard InChI is InChI=1S/C13H21N5O/c1-9-16-11(14-2)7-12(17-9)18-6-4-5-10(8-18)13(19)15-3/h7,10H,4-6,8H2,1-3H3,(H,15,19)(H,14,16,17). The van der Waals surface area contributed by atoms with E-state index in [-0.39, 0.29) is 11.8 Å². The number of carbonyl (C=O) groups excluding carboxylic acids is 1. The highest BCUT2D eigenvalue weighted by molar-refractivity contribution is 5.79. The number of anilines is 2. The molecule has 0 bridgehead atoms. The maximum absolute atomic E-state index is 11.8. The van der Waals surface area contributed by atoms with Crippen molar-refractivity contribution < 1.29 is 4.79 Å². The minimum absolute atomic E-state index is 0.0482. The van der Waals surface area contributed by atoms with Crippen LogP contribution in [0.5, 0.6) is 0 Å². The van der Waals surface area contributed by atoms with Gasteiger partial charge in [0.25, 0.3) is 0 Å². The molecule has 0 aromatic carbocycles. The average Bonchev–Trinajstić information content (AvgIpc) is 2.45. The van der Waals surface area contributed by atoms with E-state index >= 15 is 0 Å². The summed E-state index contributed by atoms with van der Waals surface area (Å²) >= 11 is 0. The first-order chi connectivity index (χ1) is 9.13. The fraction of sp³-hybridized carbons (Fsp3) is 0.615. The number of nitrogens with zero attached hydrogens (tertiary/aromatic N) is 3. The zero-order valence-electron chi connectivity index (χ0n) is 11.7. The quantitative estimate of drug-likeness (QED) is 0.843. The summed E-state index contributed by atoms with van der Waals surface area (Å²) in [4.78, 5) is 22.7. The van der Waals surface area contributed by atoms with E-state index in [0.717, 1.165) is 43.4 Å². The Morgan fingerprint density at radius 3 is 2.89 bits per heavy atom. The van der Waals surface area contributed by atoms with Gasteiger partial charge in [-0.1, -0.05) is 0 Å². The van der Waals surface area contributed by atoms with Crippen LogP contribution in [0.1, 0.15) is 18.7 Å². The van der Waals surface area contributed by atoms with E-state index in [0.29, 0.717) is 0 Å². The van der Waals surface area contributed by atoms with Crippen molar-refractivity contribution in [2.75, 3.05) is 37.4 Å². The second-order valence-electron chi connectivity index (χ2n) is 4.81. The third-order valence-electron chi connectivity index (χ3n) is 3.44. The van der Waals surface area contributed by atoms with E-state index in [2.05, 4.69) is 25.5 Å². The minimum Gasteiger partial charge on any atom is -0.373 e. The lowest BCUT2D eigenvalue weighted by molar-refractivity contribution is -0.124. The highest BCUT2D eigenvalue weighted by Gasteiger charge is 2.26.